The number of carbonyl (C=O) groups excluding carboxylic acids is 1. The Morgan fingerprint density at radius 2 is 2.04 bits per heavy atom. The molecule has 4 rings (SSSR count). The molecule has 0 N–H and O–H groups in total. The van der Waals surface area contributed by atoms with Crippen LogP contribution in [0.2, 0.25) is 0 Å². The van der Waals surface area contributed by atoms with Gasteiger partial charge in [-0.3, -0.25) is 9.69 Å². The number of amides is 1. The van der Waals surface area contributed by atoms with Crippen LogP contribution in [0.3, 0.4) is 0 Å². The lowest BCUT2D eigenvalue weighted by Gasteiger charge is -2.22. The van der Waals surface area contributed by atoms with Gasteiger partial charge >= 0.3 is 0 Å². The van der Waals surface area contributed by atoms with Crippen LogP contribution < -0.4 is 0 Å². The number of carbonyl (C=O) groups is 1. The lowest BCUT2D eigenvalue weighted by Crippen LogP contribution is -2.32. The topological polar surface area (TPSA) is 32.8 Å². The second-order valence-electron chi connectivity index (χ2n) is 7.46. The smallest absolute Gasteiger partial charge is 0.253 e. The first-order valence-electron chi connectivity index (χ1n) is 8.93. The monoisotopic (exact) mass is 314 g/mol. The van der Waals surface area contributed by atoms with Gasteiger partial charge in [0.05, 0.1) is 6.61 Å². The summed E-state index contributed by atoms with van der Waals surface area (Å²) >= 11 is 0. The Morgan fingerprint density at radius 3 is 2.83 bits per heavy atom. The molecule has 4 heteroatoms. The Hall–Kier alpha value is -1.39. The van der Waals surface area contributed by atoms with Crippen molar-refractivity contribution in [2.75, 3.05) is 39.4 Å². The highest BCUT2D eigenvalue weighted by Crippen LogP contribution is 2.38. The standard InChI is InChI=1S/C19H26N2O2/c22-18(21-10-6-19(14-21)7-11-23-15-19)17-5-3-4-16(12-17)13-20-8-1-2-9-20/h3-5,12H,1-2,6-11,13-15H2/t19-/m0/s1. The number of hydrogen-bond donors (Lipinski definition) is 0. The second-order valence-corrected chi connectivity index (χ2v) is 7.46. The van der Waals surface area contributed by atoms with E-state index in [0.717, 1.165) is 51.3 Å². The SMILES string of the molecule is O=C(c1cccc(CN2CCCC2)c1)N1CC[C@]2(CCOC2)C1. The molecule has 1 spiro atoms. The first-order valence-corrected chi connectivity index (χ1v) is 8.93. The van der Waals surface area contributed by atoms with E-state index in [4.69, 9.17) is 4.74 Å². The van der Waals surface area contributed by atoms with Gasteiger partial charge in [-0.15, -0.1) is 0 Å². The molecule has 1 atom stereocenters. The Labute approximate surface area is 138 Å². The van der Waals surface area contributed by atoms with E-state index in [-0.39, 0.29) is 11.3 Å². The van der Waals surface area contributed by atoms with Crippen molar-refractivity contribution in [3.05, 3.63) is 35.4 Å². The van der Waals surface area contributed by atoms with Crippen molar-refractivity contribution in [3.63, 3.8) is 0 Å². The highest BCUT2D eigenvalue weighted by atomic mass is 16.5. The molecule has 3 fully saturated rings. The zero-order valence-electron chi connectivity index (χ0n) is 13.8. The number of likely N-dealkylation sites (tertiary alicyclic amines) is 2. The van der Waals surface area contributed by atoms with Gasteiger partial charge in [-0.2, -0.15) is 0 Å². The van der Waals surface area contributed by atoms with Gasteiger partial charge in [0.25, 0.3) is 5.91 Å². The fraction of sp³-hybridized carbons (Fsp3) is 0.632. The van der Waals surface area contributed by atoms with Gasteiger partial charge in [0, 0.05) is 37.2 Å². The number of rotatable bonds is 3. The molecule has 3 aliphatic rings. The summed E-state index contributed by atoms with van der Waals surface area (Å²) in [6, 6.07) is 8.23. The maximum Gasteiger partial charge on any atom is 0.253 e. The molecule has 0 radical (unpaired) electrons. The molecule has 3 heterocycles. The summed E-state index contributed by atoms with van der Waals surface area (Å²) in [5.74, 6) is 0.192. The maximum atomic E-state index is 12.8. The Kier molecular flexibility index (Phi) is 4.12. The van der Waals surface area contributed by atoms with Crippen LogP contribution in [-0.4, -0.2) is 55.1 Å². The average molecular weight is 314 g/mol. The summed E-state index contributed by atoms with van der Waals surface area (Å²) in [7, 11) is 0. The largest absolute Gasteiger partial charge is 0.381 e. The van der Waals surface area contributed by atoms with Crippen molar-refractivity contribution >= 4 is 5.91 Å². The van der Waals surface area contributed by atoms with Crippen molar-refractivity contribution in [1.29, 1.82) is 0 Å². The van der Waals surface area contributed by atoms with Crippen LogP contribution in [0.5, 0.6) is 0 Å². The molecular formula is C19H26N2O2. The van der Waals surface area contributed by atoms with Crippen molar-refractivity contribution in [2.24, 2.45) is 5.41 Å². The van der Waals surface area contributed by atoms with Gasteiger partial charge in [-0.25, -0.2) is 0 Å². The van der Waals surface area contributed by atoms with E-state index in [1.54, 1.807) is 0 Å². The van der Waals surface area contributed by atoms with Crippen LogP contribution in [0.4, 0.5) is 0 Å². The molecule has 3 saturated heterocycles. The van der Waals surface area contributed by atoms with E-state index in [2.05, 4.69) is 17.0 Å². The number of ether oxygens (including phenoxy) is 1. The molecule has 124 valence electrons. The molecule has 0 aliphatic carbocycles. The normalized spacial score (nSPS) is 28.1. The minimum absolute atomic E-state index is 0.192. The third kappa shape index (κ3) is 3.15. The first kappa shape index (κ1) is 15.2. The number of hydrogen-bond acceptors (Lipinski definition) is 3. The first-order chi connectivity index (χ1) is 11.2. The van der Waals surface area contributed by atoms with Gasteiger partial charge < -0.3 is 9.64 Å². The van der Waals surface area contributed by atoms with Gasteiger partial charge in [0.1, 0.15) is 0 Å². The fourth-order valence-corrected chi connectivity index (χ4v) is 4.26. The summed E-state index contributed by atoms with van der Waals surface area (Å²) < 4.78 is 5.57. The minimum atomic E-state index is 0.192. The Balaban J connectivity index is 1.44. The van der Waals surface area contributed by atoms with Crippen LogP contribution >= 0.6 is 0 Å². The van der Waals surface area contributed by atoms with Crippen molar-refractivity contribution in [3.8, 4) is 0 Å². The maximum absolute atomic E-state index is 12.8. The van der Waals surface area contributed by atoms with E-state index in [1.807, 2.05) is 17.0 Å². The molecule has 4 nitrogen and oxygen atoms in total. The highest BCUT2D eigenvalue weighted by molar-refractivity contribution is 5.94. The van der Waals surface area contributed by atoms with Crippen LogP contribution in [0.25, 0.3) is 0 Å². The fourth-order valence-electron chi connectivity index (χ4n) is 4.26. The summed E-state index contributed by atoms with van der Waals surface area (Å²) in [4.78, 5) is 17.4. The molecule has 0 bridgehead atoms. The summed E-state index contributed by atoms with van der Waals surface area (Å²) in [5.41, 5.74) is 2.34. The predicted octanol–water partition coefficient (Wildman–Crippen LogP) is 2.54. The van der Waals surface area contributed by atoms with Crippen LogP contribution in [0.1, 0.15) is 41.6 Å². The van der Waals surface area contributed by atoms with Gasteiger partial charge in [0.15, 0.2) is 0 Å². The molecule has 3 aliphatic heterocycles. The van der Waals surface area contributed by atoms with Crippen LogP contribution in [-0.2, 0) is 11.3 Å². The molecule has 0 aromatic heterocycles. The second kappa shape index (κ2) is 6.25. The van der Waals surface area contributed by atoms with Gasteiger partial charge in [-0.05, 0) is 56.5 Å². The molecule has 0 unspecified atom stereocenters. The molecule has 23 heavy (non-hydrogen) atoms. The Bertz CT molecular complexity index is 574. The molecule has 0 saturated carbocycles. The zero-order valence-corrected chi connectivity index (χ0v) is 13.8. The van der Waals surface area contributed by atoms with E-state index >= 15 is 0 Å². The van der Waals surface area contributed by atoms with Crippen molar-refractivity contribution in [1.82, 2.24) is 9.80 Å². The van der Waals surface area contributed by atoms with Crippen molar-refractivity contribution in [2.45, 2.75) is 32.2 Å². The average Bonchev–Trinajstić information content (AvgIpc) is 3.31. The molecular weight excluding hydrogens is 288 g/mol. The van der Waals surface area contributed by atoms with Crippen LogP contribution in [0.15, 0.2) is 24.3 Å². The lowest BCUT2D eigenvalue weighted by atomic mass is 9.87. The van der Waals surface area contributed by atoms with E-state index in [9.17, 15) is 4.79 Å². The third-order valence-electron chi connectivity index (χ3n) is 5.69. The van der Waals surface area contributed by atoms with Gasteiger partial charge in [-0.1, -0.05) is 12.1 Å². The quantitative estimate of drug-likeness (QED) is 0.859. The summed E-state index contributed by atoms with van der Waals surface area (Å²) in [5, 5.41) is 0. The Morgan fingerprint density at radius 1 is 1.17 bits per heavy atom. The zero-order chi connectivity index (χ0) is 15.7. The minimum Gasteiger partial charge on any atom is -0.381 e. The third-order valence-corrected chi connectivity index (χ3v) is 5.69. The predicted molar refractivity (Wildman–Crippen MR) is 89.3 cm³/mol. The molecule has 1 aromatic carbocycles. The van der Waals surface area contributed by atoms with Gasteiger partial charge in [0.2, 0.25) is 0 Å². The number of benzene rings is 1. The summed E-state index contributed by atoms with van der Waals surface area (Å²) in [6.45, 7) is 6.76. The van der Waals surface area contributed by atoms with E-state index < -0.39 is 0 Å². The summed E-state index contributed by atoms with van der Waals surface area (Å²) in [6.07, 6.45) is 4.80. The van der Waals surface area contributed by atoms with E-state index in [0.29, 0.717) is 0 Å². The lowest BCUT2D eigenvalue weighted by molar-refractivity contribution is 0.0765. The molecule has 1 amide bonds. The van der Waals surface area contributed by atoms with Crippen molar-refractivity contribution < 1.29 is 9.53 Å². The van der Waals surface area contributed by atoms with E-state index in [1.165, 1.54) is 31.5 Å². The highest BCUT2D eigenvalue weighted by Gasteiger charge is 2.42. The van der Waals surface area contributed by atoms with Crippen LogP contribution in [0, 0.1) is 5.41 Å². The molecule has 1 aromatic rings. The number of nitrogens with zero attached hydrogens (tertiary/aromatic N) is 2.